The molecular formula is C29H39N5O7S4Si. The summed E-state index contributed by atoms with van der Waals surface area (Å²) in [6.45, 7) is 3.92. The molecule has 1 aromatic heterocycles. The molecule has 1 heterocycles. The number of ether oxygens (including phenoxy) is 1. The van der Waals surface area contributed by atoms with Gasteiger partial charge in [0.05, 0.1) is 40.5 Å². The first-order valence-electron chi connectivity index (χ1n) is 14.3. The molecule has 0 aliphatic carbocycles. The molecule has 17 heteroatoms. The lowest BCUT2D eigenvalue weighted by atomic mass is 9.97. The molecule has 12 nitrogen and oxygen atoms in total. The maximum absolute atomic E-state index is 13.8. The Hall–Kier alpha value is -3.38. The van der Waals surface area contributed by atoms with Crippen LogP contribution in [0.15, 0.2) is 56.5 Å². The van der Waals surface area contributed by atoms with Gasteiger partial charge in [0, 0.05) is 29.8 Å². The van der Waals surface area contributed by atoms with E-state index in [9.17, 15) is 26.4 Å². The monoisotopic (exact) mass is 725 g/mol. The molecule has 250 valence electrons. The van der Waals surface area contributed by atoms with Crippen molar-refractivity contribution < 1.29 is 31.2 Å². The molecule has 6 N–H and O–H groups in total. The number of carbonyl (C=O) groups is 2. The molecule has 0 aliphatic heterocycles. The first kappa shape index (κ1) is 37.1. The number of hydrogen-bond acceptors (Lipinski definition) is 10. The van der Waals surface area contributed by atoms with Crippen molar-refractivity contribution in [2.24, 2.45) is 5.73 Å². The number of aryl methyl sites for hydroxylation is 1. The largest absolute Gasteiger partial charge is 0.451 e. The van der Waals surface area contributed by atoms with E-state index >= 15 is 0 Å². The Kier molecular flexibility index (Phi) is 12.9. The van der Waals surface area contributed by atoms with Crippen LogP contribution >= 0.6 is 23.1 Å². The fourth-order valence-corrected chi connectivity index (χ4v) is 9.22. The highest BCUT2D eigenvalue weighted by molar-refractivity contribution is 8.01. The van der Waals surface area contributed by atoms with Crippen molar-refractivity contribution in [3.63, 3.8) is 0 Å². The molecule has 0 saturated heterocycles. The number of rotatable bonds is 14. The molecule has 3 aromatic rings. The molecule has 3 amide bonds. The quantitative estimate of drug-likeness (QED) is 0.0533. The zero-order chi connectivity index (χ0) is 34.2. The summed E-state index contributed by atoms with van der Waals surface area (Å²) in [4.78, 5) is 25.9. The Morgan fingerprint density at radius 1 is 1.11 bits per heavy atom. The lowest BCUT2D eigenvalue weighted by molar-refractivity contribution is 0.146. The highest BCUT2D eigenvalue weighted by atomic mass is 32.2. The number of nitrogens with one attached hydrogen (secondary N) is 4. The predicted octanol–water partition coefficient (Wildman–Crippen LogP) is 4.16. The van der Waals surface area contributed by atoms with Crippen molar-refractivity contribution in [2.45, 2.75) is 52.8 Å². The minimum absolute atomic E-state index is 0.0115. The smallest absolute Gasteiger partial charge is 0.411 e. The fourth-order valence-electron chi connectivity index (χ4n) is 4.38. The summed E-state index contributed by atoms with van der Waals surface area (Å²) in [5, 5.41) is 16.0. The van der Waals surface area contributed by atoms with Crippen molar-refractivity contribution in [1.29, 1.82) is 5.41 Å². The Labute approximate surface area is 281 Å². The van der Waals surface area contributed by atoms with Gasteiger partial charge in [0.1, 0.15) is 15.7 Å². The molecule has 0 radical (unpaired) electrons. The minimum atomic E-state index is -4.02. The second-order valence-electron chi connectivity index (χ2n) is 10.6. The van der Waals surface area contributed by atoms with Gasteiger partial charge in [-0.2, -0.15) is 0 Å². The van der Waals surface area contributed by atoms with E-state index < -0.39 is 31.8 Å². The van der Waals surface area contributed by atoms with Crippen LogP contribution in [0.25, 0.3) is 11.1 Å². The summed E-state index contributed by atoms with van der Waals surface area (Å²) in [5.74, 6) is -0.207. The molecule has 0 spiro atoms. The minimum Gasteiger partial charge on any atom is -0.451 e. The van der Waals surface area contributed by atoms with Gasteiger partial charge in [-0.15, -0.1) is 23.1 Å². The number of amidine groups is 1. The van der Waals surface area contributed by atoms with Crippen LogP contribution in [-0.4, -0.2) is 75.6 Å². The molecule has 3 rings (SSSR count). The van der Waals surface area contributed by atoms with Gasteiger partial charge < -0.3 is 21.1 Å². The Morgan fingerprint density at radius 3 is 2.46 bits per heavy atom. The SMILES string of the molecule is CCC([SiH3])OC(=O)Nc1cc(C)c(-c2cccc(S(=O)(=O)c3cc(C(=N)N)sc3SC)c2)c(NC(=O)NCCCCS(C)(=O)=O)c1. The molecule has 0 saturated carbocycles. The number of anilines is 2. The van der Waals surface area contributed by atoms with E-state index in [2.05, 4.69) is 16.0 Å². The number of nitrogens with two attached hydrogens (primary N) is 1. The predicted molar refractivity (Wildman–Crippen MR) is 189 cm³/mol. The summed E-state index contributed by atoms with van der Waals surface area (Å²) in [5.41, 5.74) is 7.78. The van der Waals surface area contributed by atoms with Crippen molar-refractivity contribution in [3.8, 4) is 11.1 Å². The zero-order valence-electron chi connectivity index (χ0n) is 26.2. The standard InChI is InChI=1S/C29H39N5O7S4Si/c1-5-24(46)41-29(36)33-19-13-17(2)25(21(15-19)34-28(35)32-11-6-7-12-44(4,37)38)18-9-8-10-20(14-18)45(39,40)23-16-22(26(30)31)43-27(23)42-3/h8-10,13-16,24H,5-7,11-12H2,1-4,46H3,(H3,30,31)(H,33,36)(H2,32,34,35). The van der Waals surface area contributed by atoms with Gasteiger partial charge in [-0.05, 0) is 73.9 Å². The number of nitrogen functional groups attached to an aromatic ring is 1. The molecule has 0 bridgehead atoms. The van der Waals surface area contributed by atoms with Crippen molar-refractivity contribution in [2.75, 3.05) is 35.4 Å². The Bertz CT molecular complexity index is 1830. The van der Waals surface area contributed by atoms with Crippen molar-refractivity contribution in [3.05, 3.63) is 52.9 Å². The molecule has 2 aromatic carbocycles. The van der Waals surface area contributed by atoms with Crippen molar-refractivity contribution in [1.82, 2.24) is 5.32 Å². The maximum Gasteiger partial charge on any atom is 0.411 e. The van der Waals surface area contributed by atoms with Crippen LogP contribution in [0, 0.1) is 12.3 Å². The molecule has 1 atom stereocenters. The van der Waals surface area contributed by atoms with Gasteiger partial charge in [0.25, 0.3) is 0 Å². The van der Waals surface area contributed by atoms with E-state index in [1.165, 1.54) is 30.0 Å². The first-order chi connectivity index (χ1) is 21.5. The third kappa shape index (κ3) is 10.1. The Morgan fingerprint density at radius 2 is 1.83 bits per heavy atom. The number of carbonyl (C=O) groups excluding carboxylic acids is 2. The van der Waals surface area contributed by atoms with Gasteiger partial charge in [0.2, 0.25) is 9.84 Å². The van der Waals surface area contributed by atoms with E-state index in [-0.39, 0.29) is 33.7 Å². The summed E-state index contributed by atoms with van der Waals surface area (Å²) in [6, 6.07) is 10.4. The van der Waals surface area contributed by atoms with Crippen LogP contribution in [0.2, 0.25) is 0 Å². The van der Waals surface area contributed by atoms with E-state index in [0.29, 0.717) is 66.7 Å². The molecule has 0 aliphatic rings. The number of hydrogen-bond donors (Lipinski definition) is 5. The third-order valence-corrected chi connectivity index (χ3v) is 13.2. The number of thioether (sulfide) groups is 1. The van der Waals surface area contributed by atoms with Crippen LogP contribution in [0.5, 0.6) is 0 Å². The van der Waals surface area contributed by atoms with E-state index in [1.807, 2.05) is 6.92 Å². The lowest BCUT2D eigenvalue weighted by Crippen LogP contribution is -2.30. The zero-order valence-corrected chi connectivity index (χ0v) is 31.5. The average Bonchev–Trinajstić information content (AvgIpc) is 3.42. The Balaban J connectivity index is 2.01. The highest BCUT2D eigenvalue weighted by Crippen LogP contribution is 2.39. The average molecular weight is 726 g/mol. The van der Waals surface area contributed by atoms with Gasteiger partial charge >= 0.3 is 12.1 Å². The summed E-state index contributed by atoms with van der Waals surface area (Å²) >= 11 is 2.38. The molecule has 46 heavy (non-hydrogen) atoms. The first-order valence-corrected chi connectivity index (χ1v) is 21.0. The normalized spacial score (nSPS) is 12.3. The van der Waals surface area contributed by atoms with Gasteiger partial charge in [-0.25, -0.2) is 26.4 Å². The summed E-state index contributed by atoms with van der Waals surface area (Å²) < 4.78 is 56.3. The van der Waals surface area contributed by atoms with Crippen LogP contribution in [-0.2, 0) is 24.4 Å². The van der Waals surface area contributed by atoms with E-state index in [4.69, 9.17) is 15.9 Å². The summed E-state index contributed by atoms with van der Waals surface area (Å²) in [7, 11) is -6.46. The second kappa shape index (κ2) is 15.9. The lowest BCUT2D eigenvalue weighted by Gasteiger charge is -2.18. The van der Waals surface area contributed by atoms with Crippen LogP contribution in [0.3, 0.4) is 0 Å². The molecular weight excluding hydrogens is 687 g/mol. The topological polar surface area (TPSA) is 198 Å². The number of sulfone groups is 2. The third-order valence-electron chi connectivity index (χ3n) is 6.78. The van der Waals surface area contributed by atoms with Gasteiger partial charge in [0.15, 0.2) is 0 Å². The number of benzene rings is 2. The van der Waals surface area contributed by atoms with Gasteiger partial charge in [-0.3, -0.25) is 10.7 Å². The van der Waals surface area contributed by atoms with Crippen molar-refractivity contribution >= 4 is 82.4 Å². The second-order valence-corrected chi connectivity index (χ2v) is 18.2. The summed E-state index contributed by atoms with van der Waals surface area (Å²) in [6.07, 6.45) is 3.80. The van der Waals surface area contributed by atoms with E-state index in [0.717, 1.165) is 17.6 Å². The van der Waals surface area contributed by atoms with Crippen LogP contribution in [0.4, 0.5) is 21.0 Å². The number of urea groups is 1. The van der Waals surface area contributed by atoms with Gasteiger partial charge in [-0.1, -0.05) is 19.1 Å². The highest BCUT2D eigenvalue weighted by Gasteiger charge is 2.26. The fraction of sp³-hybridized carbons (Fsp3) is 0.345. The number of thiophene rings is 1. The number of amides is 3. The maximum atomic E-state index is 13.8. The molecule has 1 unspecified atom stereocenters. The van der Waals surface area contributed by atoms with Crippen LogP contribution < -0.4 is 21.7 Å². The van der Waals surface area contributed by atoms with Crippen LogP contribution in [0.1, 0.15) is 36.6 Å². The van der Waals surface area contributed by atoms with E-state index in [1.54, 1.807) is 37.4 Å². The number of unbranched alkanes of at least 4 members (excludes halogenated alkanes) is 1. The molecule has 0 fully saturated rings.